The Morgan fingerprint density at radius 3 is 2.67 bits per heavy atom. The maximum Gasteiger partial charge on any atom is 0.106 e. The van der Waals surface area contributed by atoms with Crippen molar-refractivity contribution in [3.8, 4) is 0 Å². The summed E-state index contributed by atoms with van der Waals surface area (Å²) in [6, 6.07) is 5.99. The molecule has 15 heavy (non-hydrogen) atoms. The molecule has 1 aliphatic carbocycles. The van der Waals surface area contributed by atoms with Crippen LogP contribution in [0.15, 0.2) is 29.4 Å². The first-order chi connectivity index (χ1) is 7.34. The van der Waals surface area contributed by atoms with Gasteiger partial charge in [-0.25, -0.2) is 4.98 Å². The number of aliphatic hydroxyl groups is 1. The summed E-state index contributed by atoms with van der Waals surface area (Å²) in [5.74, 6) is 0. The van der Waals surface area contributed by atoms with Crippen LogP contribution in [0.5, 0.6) is 0 Å². The lowest BCUT2D eigenvalue weighted by Crippen LogP contribution is -2.18. The van der Waals surface area contributed by atoms with Gasteiger partial charge in [-0.1, -0.05) is 16.9 Å². The highest BCUT2D eigenvalue weighted by Crippen LogP contribution is 2.39. The molecule has 0 bridgehead atoms. The van der Waals surface area contributed by atoms with E-state index in [1.54, 1.807) is 10.8 Å². The SMILES string of the molecule is O[C@H]1CC[C@H](SSc2ccccn2)CC1. The Bertz CT molecular complexity index is 286. The van der Waals surface area contributed by atoms with E-state index in [-0.39, 0.29) is 6.10 Å². The molecule has 1 heterocycles. The van der Waals surface area contributed by atoms with Crippen LogP contribution < -0.4 is 0 Å². The van der Waals surface area contributed by atoms with Crippen molar-refractivity contribution in [1.29, 1.82) is 0 Å². The molecule has 82 valence electrons. The van der Waals surface area contributed by atoms with E-state index in [1.807, 2.05) is 35.2 Å². The normalized spacial score (nSPS) is 26.5. The van der Waals surface area contributed by atoms with E-state index >= 15 is 0 Å². The molecule has 0 aromatic carbocycles. The van der Waals surface area contributed by atoms with Crippen LogP contribution in [-0.4, -0.2) is 21.4 Å². The maximum atomic E-state index is 9.38. The van der Waals surface area contributed by atoms with E-state index in [9.17, 15) is 5.11 Å². The number of hydrogen-bond donors (Lipinski definition) is 1. The lowest BCUT2D eigenvalue weighted by molar-refractivity contribution is 0.132. The van der Waals surface area contributed by atoms with Crippen molar-refractivity contribution in [2.45, 2.75) is 42.1 Å². The van der Waals surface area contributed by atoms with E-state index in [2.05, 4.69) is 4.98 Å². The van der Waals surface area contributed by atoms with Gasteiger partial charge in [0.1, 0.15) is 5.03 Å². The number of aliphatic hydroxyl groups excluding tert-OH is 1. The van der Waals surface area contributed by atoms with Crippen LogP contribution in [0.2, 0.25) is 0 Å². The van der Waals surface area contributed by atoms with E-state index < -0.39 is 0 Å². The van der Waals surface area contributed by atoms with E-state index in [0.717, 1.165) is 30.7 Å². The predicted octanol–water partition coefficient (Wildman–Crippen LogP) is 3.13. The van der Waals surface area contributed by atoms with Crippen LogP contribution in [0, 0.1) is 0 Å². The summed E-state index contributed by atoms with van der Waals surface area (Å²) in [5.41, 5.74) is 0. The number of pyridine rings is 1. The van der Waals surface area contributed by atoms with Gasteiger partial charge in [-0.2, -0.15) is 0 Å². The molecule has 1 fully saturated rings. The summed E-state index contributed by atoms with van der Waals surface area (Å²) in [7, 11) is 3.65. The largest absolute Gasteiger partial charge is 0.393 e. The predicted molar refractivity (Wildman–Crippen MR) is 65.9 cm³/mol. The van der Waals surface area contributed by atoms with E-state index in [0.29, 0.717) is 5.25 Å². The molecule has 0 amide bonds. The highest BCUT2D eigenvalue weighted by molar-refractivity contribution is 8.76. The highest BCUT2D eigenvalue weighted by Gasteiger charge is 2.20. The van der Waals surface area contributed by atoms with Crippen molar-refractivity contribution in [2.24, 2.45) is 0 Å². The summed E-state index contributed by atoms with van der Waals surface area (Å²) in [5, 5.41) is 11.1. The molecule has 1 aromatic heterocycles. The Balaban J connectivity index is 1.74. The number of nitrogens with zero attached hydrogens (tertiary/aromatic N) is 1. The van der Waals surface area contributed by atoms with Gasteiger partial charge < -0.3 is 5.11 Å². The van der Waals surface area contributed by atoms with Gasteiger partial charge in [-0.05, 0) is 48.6 Å². The van der Waals surface area contributed by atoms with Gasteiger partial charge in [0.25, 0.3) is 0 Å². The molecule has 0 radical (unpaired) electrons. The molecule has 1 saturated carbocycles. The van der Waals surface area contributed by atoms with Crippen LogP contribution in [0.1, 0.15) is 25.7 Å². The monoisotopic (exact) mass is 241 g/mol. The third kappa shape index (κ3) is 3.70. The van der Waals surface area contributed by atoms with Gasteiger partial charge in [0, 0.05) is 11.4 Å². The van der Waals surface area contributed by atoms with Crippen molar-refractivity contribution < 1.29 is 5.11 Å². The fourth-order valence-corrected chi connectivity index (χ4v) is 4.17. The maximum absolute atomic E-state index is 9.38. The van der Waals surface area contributed by atoms with Crippen LogP contribution in [0.3, 0.4) is 0 Å². The van der Waals surface area contributed by atoms with E-state index in [1.165, 1.54) is 0 Å². The van der Waals surface area contributed by atoms with Gasteiger partial charge in [-0.15, -0.1) is 0 Å². The lowest BCUT2D eigenvalue weighted by Gasteiger charge is -2.23. The van der Waals surface area contributed by atoms with Crippen molar-refractivity contribution in [2.75, 3.05) is 0 Å². The van der Waals surface area contributed by atoms with Gasteiger partial charge in [0.15, 0.2) is 0 Å². The van der Waals surface area contributed by atoms with Crippen molar-refractivity contribution in [3.63, 3.8) is 0 Å². The Morgan fingerprint density at radius 1 is 1.20 bits per heavy atom. The van der Waals surface area contributed by atoms with Gasteiger partial charge >= 0.3 is 0 Å². The first-order valence-electron chi connectivity index (χ1n) is 5.27. The summed E-state index contributed by atoms with van der Waals surface area (Å²) < 4.78 is 0. The second-order valence-corrected chi connectivity index (χ2v) is 6.30. The molecule has 0 saturated heterocycles. The van der Waals surface area contributed by atoms with Gasteiger partial charge in [0.2, 0.25) is 0 Å². The zero-order chi connectivity index (χ0) is 10.5. The first kappa shape index (κ1) is 11.3. The van der Waals surface area contributed by atoms with Crippen LogP contribution in [0.25, 0.3) is 0 Å². The minimum Gasteiger partial charge on any atom is -0.393 e. The van der Waals surface area contributed by atoms with E-state index in [4.69, 9.17) is 0 Å². The standard InChI is InChI=1S/C11H15NOS2/c13-9-4-6-10(7-5-9)14-15-11-3-1-2-8-12-11/h1-3,8-10,13H,4-7H2/t9-,10-. The molecular formula is C11H15NOS2. The average molecular weight is 241 g/mol. The fourth-order valence-electron chi connectivity index (χ4n) is 1.66. The molecule has 0 unspecified atom stereocenters. The van der Waals surface area contributed by atoms with Crippen LogP contribution in [0.4, 0.5) is 0 Å². The molecule has 4 heteroatoms. The van der Waals surface area contributed by atoms with Crippen LogP contribution in [-0.2, 0) is 0 Å². The second kappa shape index (κ2) is 5.77. The molecule has 0 atom stereocenters. The third-order valence-corrected chi connectivity index (χ3v) is 5.42. The lowest BCUT2D eigenvalue weighted by atomic mass is 9.98. The molecule has 2 rings (SSSR count). The zero-order valence-corrected chi connectivity index (χ0v) is 10.1. The van der Waals surface area contributed by atoms with Crippen molar-refractivity contribution in [1.82, 2.24) is 4.98 Å². The van der Waals surface area contributed by atoms with Gasteiger partial charge in [0.05, 0.1) is 6.10 Å². The Hall–Kier alpha value is -0.190. The molecule has 2 nitrogen and oxygen atoms in total. The Kier molecular flexibility index (Phi) is 4.35. The Labute approximate surface area is 98.3 Å². The minimum absolute atomic E-state index is 0.0540. The van der Waals surface area contributed by atoms with Crippen LogP contribution >= 0.6 is 21.6 Å². The second-order valence-electron chi connectivity index (χ2n) is 3.78. The highest BCUT2D eigenvalue weighted by atomic mass is 33.1. The summed E-state index contributed by atoms with van der Waals surface area (Å²) >= 11 is 0. The summed E-state index contributed by atoms with van der Waals surface area (Å²) in [4.78, 5) is 4.27. The molecule has 1 N–H and O–H groups in total. The summed E-state index contributed by atoms with van der Waals surface area (Å²) in [6.45, 7) is 0. The molecule has 1 aliphatic rings. The molecule has 0 spiro atoms. The average Bonchev–Trinajstić information content (AvgIpc) is 2.30. The van der Waals surface area contributed by atoms with Gasteiger partial charge in [-0.3, -0.25) is 0 Å². The fraction of sp³-hybridized carbons (Fsp3) is 0.545. The zero-order valence-electron chi connectivity index (χ0n) is 8.50. The number of hydrogen-bond acceptors (Lipinski definition) is 4. The minimum atomic E-state index is -0.0540. The molecule has 0 aliphatic heterocycles. The smallest absolute Gasteiger partial charge is 0.106 e. The molecule has 1 aromatic rings. The number of rotatable bonds is 3. The number of aromatic nitrogens is 1. The summed E-state index contributed by atoms with van der Waals surface area (Å²) in [6.07, 6.45) is 5.95. The Morgan fingerprint density at radius 2 is 2.00 bits per heavy atom. The first-order valence-corrected chi connectivity index (χ1v) is 7.48. The van der Waals surface area contributed by atoms with Crippen molar-refractivity contribution >= 4 is 21.6 Å². The topological polar surface area (TPSA) is 33.1 Å². The quantitative estimate of drug-likeness (QED) is 0.824. The molecular weight excluding hydrogens is 226 g/mol. The third-order valence-electron chi connectivity index (χ3n) is 2.55. The van der Waals surface area contributed by atoms with Crippen molar-refractivity contribution in [3.05, 3.63) is 24.4 Å².